The molecule has 0 aliphatic carbocycles. The molecule has 1 aliphatic rings. The fourth-order valence-electron chi connectivity index (χ4n) is 0.943. The molecule has 1 saturated heterocycles. The lowest BCUT2D eigenvalue weighted by Crippen LogP contribution is -2.22. The number of hydrogen-bond donors (Lipinski definition) is 0. The minimum Gasteiger partial charge on any atom is -0.378 e. The van der Waals surface area contributed by atoms with Crippen LogP contribution in [0.25, 0.3) is 0 Å². The quantitative estimate of drug-likeness (QED) is 0.453. The predicted molar refractivity (Wildman–Crippen MR) is 42.5 cm³/mol. The zero-order valence-electron chi connectivity index (χ0n) is 5.06. The van der Waals surface area contributed by atoms with Gasteiger partial charge >= 0.3 is 0 Å². The van der Waals surface area contributed by atoms with E-state index in [1.807, 2.05) is 0 Å². The molecule has 0 N–H and O–H groups in total. The van der Waals surface area contributed by atoms with E-state index >= 15 is 0 Å². The summed E-state index contributed by atoms with van der Waals surface area (Å²) in [7, 11) is 0. The van der Waals surface area contributed by atoms with Gasteiger partial charge < -0.3 is 4.74 Å². The van der Waals surface area contributed by atoms with Crippen molar-refractivity contribution in [3.63, 3.8) is 0 Å². The molecule has 0 aromatic carbocycles. The lowest BCUT2D eigenvalue weighted by molar-refractivity contribution is 0.0335. The van der Waals surface area contributed by atoms with Crippen molar-refractivity contribution in [3.8, 4) is 0 Å². The van der Waals surface area contributed by atoms with Gasteiger partial charge in [-0.15, -0.1) is 0 Å². The monoisotopic (exact) mass is 226 g/mol. The van der Waals surface area contributed by atoms with Gasteiger partial charge in [0.15, 0.2) is 0 Å². The van der Waals surface area contributed by atoms with Crippen LogP contribution in [0.5, 0.6) is 0 Å². The van der Waals surface area contributed by atoms with Crippen LogP contribution < -0.4 is 0 Å². The third-order valence-corrected chi connectivity index (χ3v) is 2.55. The first-order valence-electron chi connectivity index (χ1n) is 3.04. The molecule has 2 heteroatoms. The van der Waals surface area contributed by atoms with Crippen LogP contribution in [0.1, 0.15) is 19.8 Å². The molecular formula is C6H11IO. The Morgan fingerprint density at radius 2 is 2.38 bits per heavy atom. The second kappa shape index (κ2) is 3.01. The molecule has 0 unspecified atom stereocenters. The molecule has 1 fully saturated rings. The summed E-state index contributed by atoms with van der Waals surface area (Å²) in [5.41, 5.74) is 0. The van der Waals surface area contributed by atoms with Crippen LogP contribution in [0.15, 0.2) is 0 Å². The van der Waals surface area contributed by atoms with Crippen molar-refractivity contribution < 1.29 is 4.74 Å². The van der Waals surface area contributed by atoms with Crippen molar-refractivity contribution >= 4 is 22.6 Å². The summed E-state index contributed by atoms with van der Waals surface area (Å²) < 4.78 is 6.20. The van der Waals surface area contributed by atoms with Crippen molar-refractivity contribution in [1.82, 2.24) is 0 Å². The molecule has 1 heterocycles. The first-order chi connectivity index (χ1) is 3.79. The highest BCUT2D eigenvalue weighted by molar-refractivity contribution is 14.1. The Hall–Kier alpha value is 0.690. The lowest BCUT2D eigenvalue weighted by atomic mass is 10.1. The summed E-state index contributed by atoms with van der Waals surface area (Å²) in [6.45, 7) is 3.11. The van der Waals surface area contributed by atoms with Gasteiger partial charge in [-0.1, -0.05) is 22.6 Å². The minimum absolute atomic E-state index is 0.505. The van der Waals surface area contributed by atoms with E-state index in [2.05, 4.69) is 29.5 Å². The molecule has 0 spiro atoms. The summed E-state index contributed by atoms with van der Waals surface area (Å²) in [4.78, 5) is 0. The molecule has 0 saturated carbocycles. The molecule has 1 aliphatic heterocycles. The third-order valence-electron chi connectivity index (χ3n) is 1.42. The Balaban J connectivity index is 2.23. The predicted octanol–water partition coefficient (Wildman–Crippen LogP) is 1.99. The summed E-state index contributed by atoms with van der Waals surface area (Å²) >= 11 is 2.49. The van der Waals surface area contributed by atoms with Gasteiger partial charge in [0.1, 0.15) is 0 Å². The fourth-order valence-corrected chi connectivity index (χ4v) is 1.91. The SMILES string of the molecule is C[C@H]1C[C@@H](I)CCO1. The molecule has 0 amide bonds. The number of halogens is 1. The van der Waals surface area contributed by atoms with Gasteiger partial charge in [-0.25, -0.2) is 0 Å². The Morgan fingerprint density at radius 1 is 1.62 bits per heavy atom. The largest absolute Gasteiger partial charge is 0.378 e. The standard InChI is InChI=1S/C6H11IO/c1-5-4-6(7)2-3-8-5/h5-6H,2-4H2,1H3/t5-,6-/m0/s1. The van der Waals surface area contributed by atoms with Crippen molar-refractivity contribution in [2.24, 2.45) is 0 Å². The van der Waals surface area contributed by atoms with E-state index < -0.39 is 0 Å². The Bertz CT molecular complexity index is 66.9. The van der Waals surface area contributed by atoms with Crippen molar-refractivity contribution in [1.29, 1.82) is 0 Å². The van der Waals surface area contributed by atoms with Crippen LogP contribution in [-0.4, -0.2) is 16.6 Å². The first kappa shape index (κ1) is 6.81. The topological polar surface area (TPSA) is 9.23 Å². The lowest BCUT2D eigenvalue weighted by Gasteiger charge is -2.22. The van der Waals surface area contributed by atoms with E-state index in [1.54, 1.807) is 0 Å². The maximum atomic E-state index is 5.34. The molecule has 0 aromatic rings. The second-order valence-electron chi connectivity index (χ2n) is 2.30. The van der Waals surface area contributed by atoms with Gasteiger partial charge in [-0.3, -0.25) is 0 Å². The molecule has 0 bridgehead atoms. The van der Waals surface area contributed by atoms with Gasteiger partial charge in [-0.2, -0.15) is 0 Å². The second-order valence-corrected chi connectivity index (χ2v) is 4.06. The molecule has 0 aromatic heterocycles. The third kappa shape index (κ3) is 1.90. The fraction of sp³-hybridized carbons (Fsp3) is 1.00. The minimum atomic E-state index is 0.505. The van der Waals surface area contributed by atoms with Gasteiger partial charge in [0.05, 0.1) is 6.10 Å². The van der Waals surface area contributed by atoms with Crippen LogP contribution in [0.3, 0.4) is 0 Å². The number of rotatable bonds is 0. The first-order valence-corrected chi connectivity index (χ1v) is 4.29. The van der Waals surface area contributed by atoms with E-state index in [0.29, 0.717) is 6.10 Å². The molecule has 1 rings (SSSR count). The Kier molecular flexibility index (Phi) is 2.56. The van der Waals surface area contributed by atoms with E-state index in [0.717, 1.165) is 10.5 Å². The highest BCUT2D eigenvalue weighted by Gasteiger charge is 2.15. The van der Waals surface area contributed by atoms with Crippen molar-refractivity contribution in [2.75, 3.05) is 6.61 Å². The molecule has 0 radical (unpaired) electrons. The van der Waals surface area contributed by atoms with Crippen LogP contribution in [0, 0.1) is 0 Å². The van der Waals surface area contributed by atoms with Gasteiger partial charge in [0, 0.05) is 10.5 Å². The van der Waals surface area contributed by atoms with Crippen LogP contribution in [-0.2, 0) is 4.74 Å². The van der Waals surface area contributed by atoms with Crippen molar-refractivity contribution in [3.05, 3.63) is 0 Å². The number of hydrogen-bond acceptors (Lipinski definition) is 1. The molecule has 2 atom stereocenters. The number of ether oxygens (including phenoxy) is 1. The maximum Gasteiger partial charge on any atom is 0.0557 e. The van der Waals surface area contributed by atoms with E-state index in [9.17, 15) is 0 Å². The van der Waals surface area contributed by atoms with E-state index in [4.69, 9.17) is 4.74 Å². The summed E-state index contributed by atoms with van der Waals surface area (Å²) in [6.07, 6.45) is 2.98. The number of alkyl halides is 1. The van der Waals surface area contributed by atoms with Crippen molar-refractivity contribution in [2.45, 2.75) is 29.8 Å². The normalized spacial score (nSPS) is 39.8. The van der Waals surface area contributed by atoms with Gasteiger partial charge in [-0.05, 0) is 19.8 Å². The van der Waals surface area contributed by atoms with Crippen LogP contribution >= 0.6 is 22.6 Å². The average Bonchev–Trinajstić information content (AvgIpc) is 1.64. The zero-order valence-corrected chi connectivity index (χ0v) is 7.22. The maximum absolute atomic E-state index is 5.34. The Morgan fingerprint density at radius 3 is 2.75 bits per heavy atom. The molecule has 1 nitrogen and oxygen atoms in total. The smallest absolute Gasteiger partial charge is 0.0557 e. The molecule has 8 heavy (non-hydrogen) atoms. The molecular weight excluding hydrogens is 215 g/mol. The highest BCUT2D eigenvalue weighted by atomic mass is 127. The zero-order chi connectivity index (χ0) is 5.98. The Labute approximate surface area is 63.9 Å². The highest BCUT2D eigenvalue weighted by Crippen LogP contribution is 2.19. The summed E-state index contributed by atoms with van der Waals surface area (Å²) in [6, 6.07) is 0. The van der Waals surface area contributed by atoms with Gasteiger partial charge in [0.2, 0.25) is 0 Å². The summed E-state index contributed by atoms with van der Waals surface area (Å²) in [5.74, 6) is 0. The average molecular weight is 226 g/mol. The molecule has 48 valence electrons. The summed E-state index contributed by atoms with van der Waals surface area (Å²) in [5, 5.41) is 0. The van der Waals surface area contributed by atoms with E-state index in [1.165, 1.54) is 12.8 Å². The van der Waals surface area contributed by atoms with Crippen LogP contribution in [0.4, 0.5) is 0 Å². The van der Waals surface area contributed by atoms with E-state index in [-0.39, 0.29) is 0 Å². The van der Waals surface area contributed by atoms with Gasteiger partial charge in [0.25, 0.3) is 0 Å². The van der Waals surface area contributed by atoms with Crippen LogP contribution in [0.2, 0.25) is 0 Å².